The fourth-order valence-electron chi connectivity index (χ4n) is 3.20. The molecule has 3 rings (SSSR count). The van der Waals surface area contributed by atoms with E-state index in [1.165, 1.54) is 0 Å². The second-order valence-corrected chi connectivity index (χ2v) is 8.93. The summed E-state index contributed by atoms with van der Waals surface area (Å²) < 4.78 is 37.6. The van der Waals surface area contributed by atoms with E-state index in [1.807, 2.05) is 32.0 Å². The molecule has 1 aliphatic heterocycles. The van der Waals surface area contributed by atoms with Crippen LogP contribution < -0.4 is 19.1 Å². The van der Waals surface area contributed by atoms with Crippen molar-refractivity contribution in [2.24, 2.45) is 0 Å². The highest BCUT2D eigenvalue weighted by Crippen LogP contribution is 2.35. The van der Waals surface area contributed by atoms with Gasteiger partial charge in [0, 0.05) is 11.8 Å². The van der Waals surface area contributed by atoms with Crippen molar-refractivity contribution in [2.45, 2.75) is 27.2 Å². The zero-order valence-electron chi connectivity index (χ0n) is 16.9. The summed E-state index contributed by atoms with van der Waals surface area (Å²) in [6, 6.07) is 10.7. The maximum Gasteiger partial charge on any atom is 0.245 e. The van der Waals surface area contributed by atoms with Crippen molar-refractivity contribution in [1.82, 2.24) is 0 Å². The summed E-state index contributed by atoms with van der Waals surface area (Å²) in [5.74, 6) is 0.503. The van der Waals surface area contributed by atoms with Crippen molar-refractivity contribution in [3.63, 3.8) is 0 Å². The van der Waals surface area contributed by atoms with Gasteiger partial charge in [0.2, 0.25) is 15.9 Å². The number of nitrogens with zero attached hydrogens (tertiary/aromatic N) is 1. The summed E-state index contributed by atoms with van der Waals surface area (Å²) in [5, 5.41) is 2.89. The number of sulfonamides is 1. The van der Waals surface area contributed by atoms with Crippen LogP contribution >= 0.6 is 0 Å². The van der Waals surface area contributed by atoms with Gasteiger partial charge >= 0.3 is 0 Å². The van der Waals surface area contributed by atoms with Crippen LogP contribution in [0.4, 0.5) is 11.4 Å². The zero-order chi connectivity index (χ0) is 21.0. The lowest BCUT2D eigenvalue weighted by Gasteiger charge is -2.26. The molecule has 0 bridgehead atoms. The van der Waals surface area contributed by atoms with Crippen LogP contribution in [0.1, 0.15) is 25.0 Å². The van der Waals surface area contributed by atoms with Crippen molar-refractivity contribution in [3.8, 4) is 11.5 Å². The Labute approximate surface area is 171 Å². The van der Waals surface area contributed by atoms with Crippen LogP contribution in [-0.2, 0) is 21.2 Å². The van der Waals surface area contributed by atoms with Gasteiger partial charge < -0.3 is 14.8 Å². The Kier molecular flexibility index (Phi) is 6.32. The standard InChI is InChI=1S/C21H26N2O5S/c1-4-16-8-6-7-15(3)21(16)22-20(24)14-23(29(25,26)5-2)17-9-10-18-19(13-17)28-12-11-27-18/h6-10,13H,4-5,11-12,14H2,1-3H3,(H,22,24). The van der Waals surface area contributed by atoms with Crippen LogP contribution in [0.5, 0.6) is 11.5 Å². The minimum absolute atomic E-state index is 0.126. The topological polar surface area (TPSA) is 84.9 Å². The van der Waals surface area contributed by atoms with E-state index in [4.69, 9.17) is 9.47 Å². The second kappa shape index (κ2) is 8.73. The van der Waals surface area contributed by atoms with Crippen molar-refractivity contribution in [1.29, 1.82) is 0 Å². The molecule has 7 nitrogen and oxygen atoms in total. The van der Waals surface area contributed by atoms with Crippen LogP contribution in [-0.4, -0.2) is 39.8 Å². The molecule has 2 aromatic rings. The van der Waals surface area contributed by atoms with Crippen LogP contribution in [0.15, 0.2) is 36.4 Å². The van der Waals surface area contributed by atoms with Gasteiger partial charge in [-0.2, -0.15) is 0 Å². The molecule has 0 saturated carbocycles. The normalized spacial score (nSPS) is 13.1. The molecule has 2 aromatic carbocycles. The van der Waals surface area contributed by atoms with Gasteiger partial charge in [0.1, 0.15) is 19.8 Å². The van der Waals surface area contributed by atoms with Gasteiger partial charge in [-0.05, 0) is 43.5 Å². The van der Waals surface area contributed by atoms with E-state index in [0.29, 0.717) is 30.4 Å². The number of benzene rings is 2. The average molecular weight is 419 g/mol. The molecule has 29 heavy (non-hydrogen) atoms. The summed E-state index contributed by atoms with van der Waals surface area (Å²) in [7, 11) is -3.68. The van der Waals surface area contributed by atoms with Crippen molar-refractivity contribution >= 4 is 27.3 Å². The molecule has 1 amide bonds. The van der Waals surface area contributed by atoms with Gasteiger partial charge in [0.05, 0.1) is 11.4 Å². The molecule has 0 fully saturated rings. The summed E-state index contributed by atoms with van der Waals surface area (Å²) >= 11 is 0. The molecule has 1 aliphatic rings. The number of carbonyl (C=O) groups excluding carboxylic acids is 1. The van der Waals surface area contributed by atoms with E-state index in [-0.39, 0.29) is 12.3 Å². The molecule has 0 saturated heterocycles. The summed E-state index contributed by atoms with van der Waals surface area (Å²) in [5.41, 5.74) is 3.03. The summed E-state index contributed by atoms with van der Waals surface area (Å²) in [4.78, 5) is 12.8. The van der Waals surface area contributed by atoms with Crippen LogP contribution in [0.3, 0.4) is 0 Å². The SMILES string of the molecule is CCc1cccc(C)c1NC(=O)CN(c1ccc2c(c1)OCCO2)S(=O)(=O)CC. The maximum absolute atomic E-state index is 12.8. The van der Waals surface area contributed by atoms with Gasteiger partial charge in [0.15, 0.2) is 11.5 Å². The van der Waals surface area contributed by atoms with Gasteiger partial charge in [0.25, 0.3) is 0 Å². The van der Waals surface area contributed by atoms with E-state index in [0.717, 1.165) is 27.5 Å². The fourth-order valence-corrected chi connectivity index (χ4v) is 4.27. The Morgan fingerprint density at radius 3 is 2.52 bits per heavy atom. The lowest BCUT2D eigenvalue weighted by molar-refractivity contribution is -0.114. The van der Waals surface area contributed by atoms with Gasteiger partial charge in [-0.3, -0.25) is 9.10 Å². The Hall–Kier alpha value is -2.74. The lowest BCUT2D eigenvalue weighted by Crippen LogP contribution is -2.39. The van der Waals surface area contributed by atoms with E-state index >= 15 is 0 Å². The lowest BCUT2D eigenvalue weighted by atomic mass is 10.1. The predicted octanol–water partition coefficient (Wildman–Crippen LogP) is 3.12. The third-order valence-electron chi connectivity index (χ3n) is 4.81. The molecule has 0 aromatic heterocycles. The van der Waals surface area contributed by atoms with E-state index in [9.17, 15) is 13.2 Å². The molecule has 0 unspecified atom stereocenters. The number of anilines is 2. The fraction of sp³-hybridized carbons (Fsp3) is 0.381. The van der Waals surface area contributed by atoms with Crippen molar-refractivity contribution < 1.29 is 22.7 Å². The van der Waals surface area contributed by atoms with Gasteiger partial charge in [-0.15, -0.1) is 0 Å². The predicted molar refractivity (Wildman–Crippen MR) is 113 cm³/mol. The molecule has 0 radical (unpaired) electrons. The van der Waals surface area contributed by atoms with Crippen LogP contribution in [0, 0.1) is 6.92 Å². The Bertz CT molecular complexity index is 1000. The number of aryl methyl sites for hydroxylation is 2. The minimum Gasteiger partial charge on any atom is -0.486 e. The van der Waals surface area contributed by atoms with Crippen LogP contribution in [0.25, 0.3) is 0 Å². The highest BCUT2D eigenvalue weighted by molar-refractivity contribution is 7.92. The Balaban J connectivity index is 1.88. The molecular formula is C21H26N2O5S. The highest BCUT2D eigenvalue weighted by Gasteiger charge is 2.26. The first-order valence-corrected chi connectivity index (χ1v) is 11.2. The number of rotatable bonds is 7. The molecule has 0 spiro atoms. The van der Waals surface area contributed by atoms with Crippen molar-refractivity contribution in [3.05, 3.63) is 47.5 Å². The number of carbonyl (C=O) groups is 1. The monoisotopic (exact) mass is 418 g/mol. The number of fused-ring (bicyclic) bond motifs is 1. The van der Waals surface area contributed by atoms with E-state index < -0.39 is 15.9 Å². The number of hydrogen-bond acceptors (Lipinski definition) is 5. The largest absolute Gasteiger partial charge is 0.486 e. The quantitative estimate of drug-likeness (QED) is 0.747. The molecule has 0 aliphatic carbocycles. The average Bonchev–Trinajstić information content (AvgIpc) is 2.73. The molecule has 0 atom stereocenters. The number of amides is 1. The van der Waals surface area contributed by atoms with Crippen molar-refractivity contribution in [2.75, 3.05) is 35.1 Å². The number of para-hydroxylation sites is 1. The molecule has 1 heterocycles. The highest BCUT2D eigenvalue weighted by atomic mass is 32.2. The van der Waals surface area contributed by atoms with E-state index in [2.05, 4.69) is 5.32 Å². The van der Waals surface area contributed by atoms with Gasteiger partial charge in [-0.25, -0.2) is 8.42 Å². The molecule has 1 N–H and O–H groups in total. The molecule has 156 valence electrons. The third-order valence-corrected chi connectivity index (χ3v) is 6.55. The van der Waals surface area contributed by atoms with E-state index in [1.54, 1.807) is 25.1 Å². The minimum atomic E-state index is -3.68. The number of hydrogen-bond donors (Lipinski definition) is 1. The van der Waals surface area contributed by atoms with Gasteiger partial charge in [-0.1, -0.05) is 25.1 Å². The van der Waals surface area contributed by atoms with Crippen LogP contribution in [0.2, 0.25) is 0 Å². The molecule has 8 heteroatoms. The summed E-state index contributed by atoms with van der Waals surface area (Å²) in [6.07, 6.45) is 0.760. The third kappa shape index (κ3) is 4.64. The Morgan fingerprint density at radius 1 is 1.10 bits per heavy atom. The zero-order valence-corrected chi connectivity index (χ0v) is 17.7. The first-order chi connectivity index (χ1) is 13.9. The molecular weight excluding hydrogens is 392 g/mol. The number of nitrogens with one attached hydrogen (secondary N) is 1. The smallest absolute Gasteiger partial charge is 0.245 e. The first kappa shape index (κ1) is 21.0. The maximum atomic E-state index is 12.8. The Morgan fingerprint density at radius 2 is 1.83 bits per heavy atom. The summed E-state index contributed by atoms with van der Waals surface area (Å²) in [6.45, 7) is 5.98. The number of ether oxygens (including phenoxy) is 2. The first-order valence-electron chi connectivity index (χ1n) is 9.64. The second-order valence-electron chi connectivity index (χ2n) is 6.75.